The molecular weight excluding hydrogens is 316 g/mol. The number of aryl methyl sites for hydroxylation is 1. The monoisotopic (exact) mass is 323 g/mol. The molecule has 3 aromatic rings. The third kappa shape index (κ3) is 1.93. The van der Waals surface area contributed by atoms with Crippen LogP contribution in [0.25, 0.3) is 22.3 Å². The van der Waals surface area contributed by atoms with Crippen molar-refractivity contribution in [2.75, 3.05) is 0 Å². The van der Waals surface area contributed by atoms with Crippen LogP contribution in [-0.4, -0.2) is 19.6 Å². The first-order valence-corrected chi connectivity index (χ1v) is 6.47. The number of benzene rings is 1. The minimum atomic E-state index is -0.929. The number of rotatable bonds is 1. The molecule has 3 rings (SSSR count). The molecule has 22 heavy (non-hydrogen) atoms. The van der Waals surface area contributed by atoms with Gasteiger partial charge in [0.25, 0.3) is 5.56 Å². The first kappa shape index (κ1) is 14.4. The van der Waals surface area contributed by atoms with E-state index in [4.69, 9.17) is 11.6 Å². The van der Waals surface area contributed by atoms with E-state index in [9.17, 15) is 18.7 Å². The van der Waals surface area contributed by atoms with Crippen LogP contribution in [0, 0.1) is 11.6 Å². The second kappa shape index (κ2) is 5.03. The third-order valence-electron chi connectivity index (χ3n) is 3.27. The second-order valence-corrected chi connectivity index (χ2v) is 4.91. The number of fused-ring (bicyclic) bond motifs is 1. The average molecular weight is 324 g/mol. The van der Waals surface area contributed by atoms with Gasteiger partial charge in [-0.05, 0) is 12.1 Å². The molecule has 0 spiro atoms. The zero-order valence-electron chi connectivity index (χ0n) is 11.1. The Morgan fingerprint density at radius 2 is 1.77 bits per heavy atom. The van der Waals surface area contributed by atoms with Gasteiger partial charge < -0.3 is 5.11 Å². The highest BCUT2D eigenvalue weighted by Gasteiger charge is 2.24. The molecule has 0 saturated heterocycles. The van der Waals surface area contributed by atoms with Gasteiger partial charge in [-0.15, -0.1) is 0 Å². The first-order valence-electron chi connectivity index (χ1n) is 6.10. The molecule has 0 aliphatic carbocycles. The summed E-state index contributed by atoms with van der Waals surface area (Å²) in [4.78, 5) is 20.3. The molecule has 0 atom stereocenters. The zero-order chi connectivity index (χ0) is 16.0. The van der Waals surface area contributed by atoms with E-state index in [1.807, 2.05) is 0 Å². The third-order valence-corrected chi connectivity index (χ3v) is 3.64. The molecule has 112 valence electrons. The molecule has 0 aliphatic rings. The van der Waals surface area contributed by atoms with Crippen LogP contribution in [0.5, 0.6) is 5.75 Å². The van der Waals surface area contributed by atoms with Crippen LogP contribution in [0.1, 0.15) is 0 Å². The molecule has 8 heteroatoms. The summed E-state index contributed by atoms with van der Waals surface area (Å²) in [5.74, 6) is -2.43. The maximum Gasteiger partial charge on any atom is 0.263 e. The van der Waals surface area contributed by atoms with Crippen LogP contribution >= 0.6 is 11.6 Å². The van der Waals surface area contributed by atoms with E-state index in [-0.39, 0.29) is 11.2 Å². The van der Waals surface area contributed by atoms with Gasteiger partial charge in [-0.1, -0.05) is 11.6 Å². The highest BCUT2D eigenvalue weighted by molar-refractivity contribution is 6.33. The number of aromatic nitrogens is 3. The van der Waals surface area contributed by atoms with Crippen LogP contribution in [0.3, 0.4) is 0 Å². The largest absolute Gasteiger partial charge is 0.505 e. The van der Waals surface area contributed by atoms with Gasteiger partial charge in [0.05, 0.1) is 10.6 Å². The Labute approximate surface area is 127 Å². The maximum atomic E-state index is 14.1. The predicted octanol–water partition coefficient (Wildman–Crippen LogP) is 2.63. The first-order chi connectivity index (χ1) is 10.4. The van der Waals surface area contributed by atoms with Crippen molar-refractivity contribution in [3.05, 3.63) is 51.5 Å². The normalized spacial score (nSPS) is 11.1. The lowest BCUT2D eigenvalue weighted by Gasteiger charge is -2.12. The Morgan fingerprint density at radius 1 is 1.14 bits per heavy atom. The van der Waals surface area contributed by atoms with Crippen molar-refractivity contribution in [2.24, 2.45) is 7.05 Å². The summed E-state index contributed by atoms with van der Waals surface area (Å²) in [7, 11) is 1.38. The fourth-order valence-corrected chi connectivity index (χ4v) is 2.46. The molecule has 0 fully saturated rings. The quantitative estimate of drug-likeness (QED) is 0.699. The van der Waals surface area contributed by atoms with Crippen molar-refractivity contribution in [3.63, 3.8) is 0 Å². The number of halogens is 3. The molecule has 0 saturated carbocycles. The van der Waals surface area contributed by atoms with Gasteiger partial charge >= 0.3 is 0 Å². The van der Waals surface area contributed by atoms with Crippen LogP contribution in [0.2, 0.25) is 5.02 Å². The molecule has 0 radical (unpaired) electrons. The lowest BCUT2D eigenvalue weighted by molar-refractivity contribution is 0.479. The summed E-state index contributed by atoms with van der Waals surface area (Å²) in [6.07, 6.45) is 2.65. The Bertz CT molecular complexity index is 972. The van der Waals surface area contributed by atoms with Crippen molar-refractivity contribution in [1.29, 1.82) is 0 Å². The van der Waals surface area contributed by atoms with Crippen molar-refractivity contribution in [3.8, 4) is 16.9 Å². The number of hydrogen-bond donors (Lipinski definition) is 1. The maximum absolute atomic E-state index is 14.1. The van der Waals surface area contributed by atoms with Gasteiger partial charge in [0, 0.05) is 25.0 Å². The van der Waals surface area contributed by atoms with Crippen molar-refractivity contribution in [2.45, 2.75) is 0 Å². The Kier molecular flexibility index (Phi) is 3.29. The number of nitrogens with zero attached hydrogens (tertiary/aromatic N) is 3. The van der Waals surface area contributed by atoms with E-state index in [0.29, 0.717) is 0 Å². The molecule has 0 amide bonds. The minimum absolute atomic E-state index is 0.0145. The highest BCUT2D eigenvalue weighted by atomic mass is 35.5. The van der Waals surface area contributed by atoms with Crippen molar-refractivity contribution >= 4 is 22.8 Å². The Morgan fingerprint density at radius 3 is 2.50 bits per heavy atom. The molecule has 2 aromatic heterocycles. The molecule has 0 aliphatic heterocycles. The summed E-state index contributed by atoms with van der Waals surface area (Å²) in [6, 6.07) is 1.67. The summed E-state index contributed by atoms with van der Waals surface area (Å²) < 4.78 is 28.7. The van der Waals surface area contributed by atoms with Gasteiger partial charge in [-0.2, -0.15) is 0 Å². The number of aromatic hydroxyl groups is 1. The molecule has 1 aromatic carbocycles. The van der Waals surface area contributed by atoms with E-state index >= 15 is 0 Å². The highest BCUT2D eigenvalue weighted by Crippen LogP contribution is 2.37. The van der Waals surface area contributed by atoms with Gasteiger partial charge in [0.1, 0.15) is 17.2 Å². The van der Waals surface area contributed by atoms with E-state index in [1.165, 1.54) is 19.4 Å². The second-order valence-electron chi connectivity index (χ2n) is 4.53. The Balaban J connectivity index is 2.53. The molecule has 1 N–H and O–H groups in total. The fourth-order valence-electron chi connectivity index (χ4n) is 2.21. The van der Waals surface area contributed by atoms with E-state index in [1.54, 1.807) is 0 Å². The smallest absolute Gasteiger partial charge is 0.263 e. The van der Waals surface area contributed by atoms with Gasteiger partial charge in [-0.3, -0.25) is 9.36 Å². The number of pyridine rings is 1. The lowest BCUT2D eigenvalue weighted by Crippen LogP contribution is -2.21. The zero-order valence-corrected chi connectivity index (χ0v) is 11.9. The molecule has 2 heterocycles. The van der Waals surface area contributed by atoms with Gasteiger partial charge in [0.2, 0.25) is 0 Å². The van der Waals surface area contributed by atoms with E-state index in [0.717, 1.165) is 16.7 Å². The summed E-state index contributed by atoms with van der Waals surface area (Å²) in [6.45, 7) is 0. The van der Waals surface area contributed by atoms with E-state index < -0.39 is 39.1 Å². The van der Waals surface area contributed by atoms with Crippen molar-refractivity contribution < 1.29 is 13.9 Å². The molecular formula is C14H8ClF2N3O2. The topological polar surface area (TPSA) is 68.0 Å². The molecule has 5 nitrogen and oxygen atoms in total. The van der Waals surface area contributed by atoms with Crippen LogP contribution in [0.15, 0.2) is 29.3 Å². The Hall–Kier alpha value is -2.54. The molecule has 0 bridgehead atoms. The summed E-state index contributed by atoms with van der Waals surface area (Å²) in [5.41, 5.74) is -1.64. The van der Waals surface area contributed by atoms with Crippen LogP contribution in [-0.2, 0) is 7.05 Å². The van der Waals surface area contributed by atoms with Gasteiger partial charge in [-0.25, -0.2) is 18.7 Å². The predicted molar refractivity (Wildman–Crippen MR) is 76.8 cm³/mol. The number of hydrogen-bond acceptors (Lipinski definition) is 4. The van der Waals surface area contributed by atoms with Crippen LogP contribution in [0.4, 0.5) is 8.78 Å². The van der Waals surface area contributed by atoms with Crippen molar-refractivity contribution in [1.82, 2.24) is 14.5 Å². The van der Waals surface area contributed by atoms with Gasteiger partial charge in [0.15, 0.2) is 11.4 Å². The van der Waals surface area contributed by atoms with E-state index in [2.05, 4.69) is 9.97 Å². The minimum Gasteiger partial charge on any atom is -0.505 e. The standard InChI is InChI=1S/C14H8ClF2N3O2/c1-20-13-11(18-4-5-19-13)12(21)9(14(20)22)8-6(16)2-3-7(17)10(8)15/h2-5,21H,1H3. The summed E-state index contributed by atoms with van der Waals surface area (Å²) in [5, 5.41) is 9.70. The fraction of sp³-hybridized carbons (Fsp3) is 0.0714. The average Bonchev–Trinajstić information content (AvgIpc) is 2.52. The molecule has 0 unspecified atom stereocenters. The van der Waals surface area contributed by atoms with Crippen LogP contribution < -0.4 is 5.56 Å². The lowest BCUT2D eigenvalue weighted by atomic mass is 10.0. The SMILES string of the molecule is Cn1c(=O)c(-c2c(F)ccc(F)c2Cl)c(O)c2nccnc21. The summed E-state index contributed by atoms with van der Waals surface area (Å²) >= 11 is 5.77.